The summed E-state index contributed by atoms with van der Waals surface area (Å²) < 4.78 is 3.19. The van der Waals surface area contributed by atoms with Crippen LogP contribution in [-0.2, 0) is 26.7 Å². The first-order valence-corrected chi connectivity index (χ1v) is 6.49. The Morgan fingerprint density at radius 3 is 3.12 bits per heavy atom. The molecule has 1 aliphatic heterocycles. The number of rotatable bonds is 2. The van der Waals surface area contributed by atoms with Crippen LogP contribution < -0.4 is 5.69 Å². The van der Waals surface area contributed by atoms with E-state index in [1.54, 1.807) is 23.0 Å². The first-order chi connectivity index (χ1) is 8.24. The fourth-order valence-corrected chi connectivity index (χ4v) is 2.92. The number of nitrogens with zero attached hydrogens (tertiary/aromatic N) is 4. The lowest BCUT2D eigenvalue weighted by molar-refractivity contribution is 0.209. The number of hydrogen-bond donors (Lipinski definition) is 0. The Bertz CT molecular complexity index is 569. The van der Waals surface area contributed by atoms with Gasteiger partial charge in [-0.05, 0) is 11.4 Å². The van der Waals surface area contributed by atoms with Crippen molar-refractivity contribution in [3.8, 4) is 0 Å². The second kappa shape index (κ2) is 4.12. The smallest absolute Gasteiger partial charge is 0.289 e. The molecule has 0 fully saturated rings. The molecule has 90 valence electrons. The van der Waals surface area contributed by atoms with Gasteiger partial charge in [-0.25, -0.2) is 9.48 Å². The fraction of sp³-hybridized carbons (Fsp3) is 0.455. The summed E-state index contributed by atoms with van der Waals surface area (Å²) >= 11 is 1.77. The third kappa shape index (κ3) is 1.94. The molecule has 2 aromatic rings. The average Bonchev–Trinajstić information content (AvgIpc) is 2.89. The zero-order chi connectivity index (χ0) is 11.8. The van der Waals surface area contributed by atoms with Crippen molar-refractivity contribution < 1.29 is 0 Å². The maximum atomic E-state index is 11.7. The monoisotopic (exact) mass is 250 g/mol. The zero-order valence-electron chi connectivity index (χ0n) is 9.67. The number of hydrogen-bond acceptors (Lipinski definition) is 4. The summed E-state index contributed by atoms with van der Waals surface area (Å²) in [5.41, 5.74) is -0.00391. The lowest BCUT2D eigenvalue weighted by atomic mass is 10.3. The normalized spacial score (nSPS) is 16.1. The van der Waals surface area contributed by atoms with E-state index < -0.39 is 0 Å². The lowest BCUT2D eigenvalue weighted by Gasteiger charge is -2.25. The van der Waals surface area contributed by atoms with Crippen molar-refractivity contribution in [1.29, 1.82) is 0 Å². The molecule has 0 aliphatic carbocycles. The van der Waals surface area contributed by atoms with Gasteiger partial charge in [-0.15, -0.1) is 11.3 Å². The van der Waals surface area contributed by atoms with Crippen LogP contribution in [-0.4, -0.2) is 25.8 Å². The predicted octanol–water partition coefficient (Wildman–Crippen LogP) is 0.659. The van der Waals surface area contributed by atoms with Gasteiger partial charge in [0, 0.05) is 31.6 Å². The van der Waals surface area contributed by atoms with E-state index in [0.717, 1.165) is 32.0 Å². The molecule has 17 heavy (non-hydrogen) atoms. The van der Waals surface area contributed by atoms with E-state index in [2.05, 4.69) is 27.5 Å². The van der Waals surface area contributed by atoms with Crippen LogP contribution in [0.3, 0.4) is 0 Å². The van der Waals surface area contributed by atoms with Gasteiger partial charge < -0.3 is 0 Å². The van der Waals surface area contributed by atoms with Gasteiger partial charge in [0.15, 0.2) is 0 Å². The Morgan fingerprint density at radius 1 is 1.47 bits per heavy atom. The van der Waals surface area contributed by atoms with Crippen molar-refractivity contribution in [1.82, 2.24) is 19.2 Å². The summed E-state index contributed by atoms with van der Waals surface area (Å²) in [4.78, 5) is 15.4. The number of aryl methyl sites for hydroxylation is 1. The molecule has 0 bridgehead atoms. The highest BCUT2D eigenvalue weighted by molar-refractivity contribution is 7.09. The standard InChI is InChI=1S/C11H14N4OS/c1-13-11(16)15-5-4-14(8-10(15)12-13)7-9-3-2-6-17-9/h2-3,6H,4-5,7-8H2,1H3. The molecule has 0 atom stereocenters. The zero-order valence-corrected chi connectivity index (χ0v) is 10.5. The van der Waals surface area contributed by atoms with E-state index in [0.29, 0.717) is 0 Å². The van der Waals surface area contributed by atoms with Gasteiger partial charge in [-0.3, -0.25) is 9.47 Å². The molecule has 0 radical (unpaired) electrons. The van der Waals surface area contributed by atoms with Gasteiger partial charge in [0.2, 0.25) is 0 Å². The van der Waals surface area contributed by atoms with Gasteiger partial charge in [0.25, 0.3) is 0 Å². The molecule has 1 aliphatic rings. The average molecular weight is 250 g/mol. The van der Waals surface area contributed by atoms with Crippen LogP contribution in [0.4, 0.5) is 0 Å². The van der Waals surface area contributed by atoms with Gasteiger partial charge in [-0.1, -0.05) is 6.07 Å². The second-order valence-corrected chi connectivity index (χ2v) is 5.30. The van der Waals surface area contributed by atoms with Crippen LogP contribution >= 0.6 is 11.3 Å². The highest BCUT2D eigenvalue weighted by Gasteiger charge is 2.20. The minimum atomic E-state index is -0.00391. The van der Waals surface area contributed by atoms with Crippen LogP contribution in [0.25, 0.3) is 0 Å². The predicted molar refractivity (Wildman–Crippen MR) is 65.9 cm³/mol. The molecular weight excluding hydrogens is 236 g/mol. The van der Waals surface area contributed by atoms with Crippen LogP contribution in [0, 0.1) is 0 Å². The Balaban J connectivity index is 1.79. The van der Waals surface area contributed by atoms with Crippen LogP contribution in [0.5, 0.6) is 0 Å². The number of thiophene rings is 1. The molecule has 0 amide bonds. The first-order valence-electron chi connectivity index (χ1n) is 5.61. The highest BCUT2D eigenvalue weighted by atomic mass is 32.1. The molecule has 3 rings (SSSR count). The molecule has 0 aromatic carbocycles. The molecule has 0 spiro atoms. The van der Waals surface area contributed by atoms with Crippen molar-refractivity contribution >= 4 is 11.3 Å². The fourth-order valence-electron chi connectivity index (χ4n) is 2.18. The van der Waals surface area contributed by atoms with Crippen LogP contribution in [0.1, 0.15) is 10.7 Å². The van der Waals surface area contributed by atoms with Crippen molar-refractivity contribution in [2.45, 2.75) is 19.6 Å². The van der Waals surface area contributed by atoms with E-state index in [9.17, 15) is 4.79 Å². The van der Waals surface area contributed by atoms with E-state index in [-0.39, 0.29) is 5.69 Å². The van der Waals surface area contributed by atoms with E-state index in [4.69, 9.17) is 0 Å². The van der Waals surface area contributed by atoms with Gasteiger partial charge in [-0.2, -0.15) is 5.10 Å². The molecule has 0 saturated heterocycles. The Kier molecular flexibility index (Phi) is 2.60. The third-order valence-corrected chi connectivity index (χ3v) is 3.91. The molecule has 6 heteroatoms. The van der Waals surface area contributed by atoms with Crippen molar-refractivity contribution in [3.05, 3.63) is 38.7 Å². The van der Waals surface area contributed by atoms with E-state index >= 15 is 0 Å². The lowest BCUT2D eigenvalue weighted by Crippen LogP contribution is -2.36. The SMILES string of the molecule is Cn1nc2n(c1=O)CCN(Cc1cccs1)C2. The summed E-state index contributed by atoms with van der Waals surface area (Å²) in [5.74, 6) is 0.875. The topological polar surface area (TPSA) is 43.1 Å². The maximum absolute atomic E-state index is 11.7. The van der Waals surface area contributed by atoms with E-state index in [1.165, 1.54) is 9.56 Å². The van der Waals surface area contributed by atoms with Gasteiger partial charge >= 0.3 is 5.69 Å². The second-order valence-electron chi connectivity index (χ2n) is 4.26. The van der Waals surface area contributed by atoms with Crippen LogP contribution in [0.15, 0.2) is 22.3 Å². The van der Waals surface area contributed by atoms with Crippen molar-refractivity contribution in [2.75, 3.05) is 6.54 Å². The maximum Gasteiger partial charge on any atom is 0.345 e. The summed E-state index contributed by atoms with van der Waals surface area (Å²) in [5, 5.41) is 6.35. The molecule has 2 aromatic heterocycles. The van der Waals surface area contributed by atoms with Crippen molar-refractivity contribution in [2.24, 2.45) is 7.05 Å². The molecule has 3 heterocycles. The Morgan fingerprint density at radius 2 is 2.35 bits per heavy atom. The largest absolute Gasteiger partial charge is 0.345 e. The van der Waals surface area contributed by atoms with Crippen molar-refractivity contribution in [3.63, 3.8) is 0 Å². The van der Waals surface area contributed by atoms with Gasteiger partial charge in [0.1, 0.15) is 5.82 Å². The van der Waals surface area contributed by atoms with E-state index in [1.807, 2.05) is 0 Å². The Hall–Kier alpha value is -1.40. The number of fused-ring (bicyclic) bond motifs is 1. The summed E-state index contributed by atoms with van der Waals surface area (Å²) in [7, 11) is 1.71. The van der Waals surface area contributed by atoms with Crippen LogP contribution in [0.2, 0.25) is 0 Å². The first kappa shape index (κ1) is 10.7. The number of aromatic nitrogens is 3. The molecule has 5 nitrogen and oxygen atoms in total. The molecular formula is C11H14N4OS. The minimum Gasteiger partial charge on any atom is -0.289 e. The highest BCUT2D eigenvalue weighted by Crippen LogP contribution is 2.15. The molecule has 0 N–H and O–H groups in total. The Labute approximate surface area is 103 Å². The molecule has 0 unspecified atom stereocenters. The third-order valence-electron chi connectivity index (χ3n) is 3.05. The minimum absolute atomic E-state index is 0.00391. The summed E-state index contributed by atoms with van der Waals surface area (Å²) in [6.07, 6.45) is 0. The summed E-state index contributed by atoms with van der Waals surface area (Å²) in [6, 6.07) is 4.21. The quantitative estimate of drug-likeness (QED) is 0.786. The molecule has 0 saturated carbocycles. The van der Waals surface area contributed by atoms with Gasteiger partial charge in [0.05, 0.1) is 6.54 Å². The summed E-state index contributed by atoms with van der Waals surface area (Å²) in [6.45, 7) is 3.36.